The van der Waals surface area contributed by atoms with Gasteiger partial charge >= 0.3 is 0 Å². The van der Waals surface area contributed by atoms with Gasteiger partial charge in [-0.05, 0) is 43.9 Å². The molecule has 2 saturated heterocycles. The highest BCUT2D eigenvalue weighted by Crippen LogP contribution is 2.38. The summed E-state index contributed by atoms with van der Waals surface area (Å²) in [6, 6.07) is 6.74. The summed E-state index contributed by atoms with van der Waals surface area (Å²) in [6.45, 7) is 0. The first-order chi connectivity index (χ1) is 11.6. The molecule has 3 unspecified atom stereocenters. The van der Waals surface area contributed by atoms with Crippen LogP contribution in [0.5, 0.6) is 0 Å². The van der Waals surface area contributed by atoms with Crippen LogP contribution in [-0.4, -0.2) is 35.2 Å². The van der Waals surface area contributed by atoms with Gasteiger partial charge in [0.1, 0.15) is 0 Å². The Morgan fingerprint density at radius 3 is 2.79 bits per heavy atom. The molecule has 2 amide bonds. The molecule has 24 heavy (non-hydrogen) atoms. The predicted molar refractivity (Wildman–Crippen MR) is 95.5 cm³/mol. The number of halogens is 1. The Hall–Kier alpha value is -1.24. The maximum absolute atomic E-state index is 12.4. The average Bonchev–Trinajstić information content (AvgIpc) is 2.87. The van der Waals surface area contributed by atoms with Crippen molar-refractivity contribution in [1.82, 2.24) is 10.6 Å². The van der Waals surface area contributed by atoms with Crippen LogP contribution in [0.15, 0.2) is 23.1 Å². The number of nitrogens with one attached hydrogen (secondary N) is 3. The Balaban J connectivity index is 1.36. The van der Waals surface area contributed by atoms with Gasteiger partial charge in [0.25, 0.3) is 0 Å². The molecule has 128 valence electrons. The summed E-state index contributed by atoms with van der Waals surface area (Å²) in [6.07, 6.45) is 4.60. The molecule has 3 atom stereocenters. The highest BCUT2D eigenvalue weighted by molar-refractivity contribution is 8.01. The molecule has 3 aliphatic heterocycles. The van der Waals surface area contributed by atoms with Crippen molar-refractivity contribution in [1.29, 1.82) is 0 Å². The third-order valence-corrected chi connectivity index (χ3v) is 6.48. The van der Waals surface area contributed by atoms with Crippen molar-refractivity contribution in [3.8, 4) is 0 Å². The SMILES string of the molecule is O=C(CC1Sc2ccc(Cl)cc2NC1=O)NC1CC2CCC(C1)N2. The number of rotatable bonds is 3. The number of carbonyl (C=O) groups excluding carboxylic acids is 2. The lowest BCUT2D eigenvalue weighted by atomic mass is 9.99. The fraction of sp³-hybridized carbons (Fsp3) is 0.529. The molecule has 3 heterocycles. The molecule has 0 aromatic heterocycles. The maximum atomic E-state index is 12.4. The Kier molecular flexibility index (Phi) is 4.45. The molecule has 5 nitrogen and oxygen atoms in total. The molecule has 0 saturated carbocycles. The van der Waals surface area contributed by atoms with E-state index in [4.69, 9.17) is 11.6 Å². The van der Waals surface area contributed by atoms with Gasteiger partial charge in [0.15, 0.2) is 0 Å². The van der Waals surface area contributed by atoms with Gasteiger partial charge in [0, 0.05) is 34.5 Å². The fourth-order valence-electron chi connectivity index (χ4n) is 3.89. The van der Waals surface area contributed by atoms with Gasteiger partial charge in [-0.2, -0.15) is 0 Å². The van der Waals surface area contributed by atoms with E-state index in [1.165, 1.54) is 24.6 Å². The minimum Gasteiger partial charge on any atom is -0.353 e. The van der Waals surface area contributed by atoms with Gasteiger partial charge in [-0.15, -0.1) is 11.8 Å². The van der Waals surface area contributed by atoms with Crippen molar-refractivity contribution in [3.63, 3.8) is 0 Å². The van der Waals surface area contributed by atoms with Crippen molar-refractivity contribution >= 4 is 40.9 Å². The number of thioether (sulfide) groups is 1. The first-order valence-corrected chi connectivity index (χ1v) is 9.65. The highest BCUT2D eigenvalue weighted by Gasteiger charge is 2.35. The topological polar surface area (TPSA) is 70.2 Å². The third kappa shape index (κ3) is 3.41. The third-order valence-electron chi connectivity index (χ3n) is 4.97. The van der Waals surface area contributed by atoms with Crippen LogP contribution in [0, 0.1) is 0 Å². The number of fused-ring (bicyclic) bond motifs is 3. The summed E-state index contributed by atoms with van der Waals surface area (Å²) in [5.74, 6) is -0.165. The molecule has 7 heteroatoms. The van der Waals surface area contributed by atoms with Crippen LogP contribution in [0.1, 0.15) is 32.1 Å². The number of anilines is 1. The monoisotopic (exact) mass is 365 g/mol. The van der Waals surface area contributed by atoms with E-state index in [0.717, 1.165) is 23.4 Å². The van der Waals surface area contributed by atoms with E-state index in [2.05, 4.69) is 16.0 Å². The summed E-state index contributed by atoms with van der Waals surface area (Å²) >= 11 is 7.39. The molecule has 1 aromatic carbocycles. The second-order valence-corrected chi connectivity index (χ2v) is 8.50. The zero-order chi connectivity index (χ0) is 16.7. The number of hydrogen-bond donors (Lipinski definition) is 3. The standard InChI is InChI=1S/C17H20ClN3O2S/c18-9-1-4-14-13(5-9)21-17(23)15(24-14)8-16(22)20-12-6-10-2-3-11(7-12)19-10/h1,4-5,10-12,15,19H,2-3,6-8H2,(H,20,22)(H,21,23). The molecule has 3 aliphatic rings. The summed E-state index contributed by atoms with van der Waals surface area (Å²) in [4.78, 5) is 25.6. The van der Waals surface area contributed by atoms with Crippen LogP contribution in [0.25, 0.3) is 0 Å². The lowest BCUT2D eigenvalue weighted by Gasteiger charge is -2.30. The Morgan fingerprint density at radius 2 is 2.04 bits per heavy atom. The van der Waals surface area contributed by atoms with Gasteiger partial charge in [0.2, 0.25) is 11.8 Å². The molecule has 2 fully saturated rings. The minimum absolute atomic E-state index is 0.0358. The summed E-state index contributed by atoms with van der Waals surface area (Å²) in [5.41, 5.74) is 0.726. The average molecular weight is 366 g/mol. The highest BCUT2D eigenvalue weighted by atomic mass is 35.5. The van der Waals surface area contributed by atoms with E-state index >= 15 is 0 Å². The van der Waals surface area contributed by atoms with Crippen LogP contribution in [0.3, 0.4) is 0 Å². The number of carbonyl (C=O) groups is 2. The Bertz CT molecular complexity index is 672. The van der Waals surface area contributed by atoms with Crippen LogP contribution in [0.4, 0.5) is 5.69 Å². The van der Waals surface area contributed by atoms with Gasteiger partial charge in [0.05, 0.1) is 10.9 Å². The lowest BCUT2D eigenvalue weighted by molar-refractivity contribution is -0.124. The summed E-state index contributed by atoms with van der Waals surface area (Å²) in [5, 5.41) is 9.74. The Labute approximate surface area is 150 Å². The van der Waals surface area contributed by atoms with Gasteiger partial charge in [-0.1, -0.05) is 11.6 Å². The van der Waals surface area contributed by atoms with E-state index in [-0.39, 0.29) is 24.3 Å². The van der Waals surface area contributed by atoms with Crippen molar-refractivity contribution in [3.05, 3.63) is 23.2 Å². The van der Waals surface area contributed by atoms with Crippen LogP contribution in [-0.2, 0) is 9.59 Å². The first-order valence-electron chi connectivity index (χ1n) is 8.39. The first kappa shape index (κ1) is 16.2. The van der Waals surface area contributed by atoms with Crippen LogP contribution < -0.4 is 16.0 Å². The number of piperidine rings is 1. The van der Waals surface area contributed by atoms with E-state index in [1.54, 1.807) is 12.1 Å². The van der Waals surface area contributed by atoms with Crippen molar-refractivity contribution in [2.24, 2.45) is 0 Å². The van der Waals surface area contributed by atoms with Gasteiger partial charge < -0.3 is 16.0 Å². The van der Waals surface area contributed by atoms with Crippen molar-refractivity contribution < 1.29 is 9.59 Å². The molecule has 2 bridgehead atoms. The van der Waals surface area contributed by atoms with Gasteiger partial charge in [-0.3, -0.25) is 9.59 Å². The van der Waals surface area contributed by atoms with E-state index in [9.17, 15) is 9.59 Å². The van der Waals surface area contributed by atoms with Crippen molar-refractivity contribution in [2.75, 3.05) is 5.32 Å². The van der Waals surface area contributed by atoms with E-state index < -0.39 is 5.25 Å². The molecular weight excluding hydrogens is 346 g/mol. The van der Waals surface area contributed by atoms with Crippen molar-refractivity contribution in [2.45, 2.75) is 60.4 Å². The zero-order valence-electron chi connectivity index (χ0n) is 13.2. The number of hydrogen-bond acceptors (Lipinski definition) is 4. The van der Waals surface area contributed by atoms with E-state index in [1.807, 2.05) is 6.07 Å². The molecule has 0 spiro atoms. The smallest absolute Gasteiger partial charge is 0.238 e. The number of benzene rings is 1. The second-order valence-electron chi connectivity index (χ2n) is 6.81. The second kappa shape index (κ2) is 6.58. The summed E-state index contributed by atoms with van der Waals surface area (Å²) in [7, 11) is 0. The Morgan fingerprint density at radius 1 is 1.29 bits per heavy atom. The number of amides is 2. The molecule has 4 rings (SSSR count). The summed E-state index contributed by atoms with van der Waals surface area (Å²) < 4.78 is 0. The largest absolute Gasteiger partial charge is 0.353 e. The van der Waals surface area contributed by atoms with Crippen LogP contribution in [0.2, 0.25) is 5.02 Å². The van der Waals surface area contributed by atoms with Gasteiger partial charge in [-0.25, -0.2) is 0 Å². The van der Waals surface area contributed by atoms with Crippen LogP contribution >= 0.6 is 23.4 Å². The minimum atomic E-state index is -0.392. The molecule has 1 aromatic rings. The lowest BCUT2D eigenvalue weighted by Crippen LogP contribution is -2.48. The maximum Gasteiger partial charge on any atom is 0.238 e. The quantitative estimate of drug-likeness (QED) is 0.769. The van der Waals surface area contributed by atoms with E-state index in [0.29, 0.717) is 17.1 Å². The predicted octanol–water partition coefficient (Wildman–Crippen LogP) is 2.54. The molecule has 0 radical (unpaired) electrons. The normalized spacial score (nSPS) is 31.3. The molecule has 0 aliphatic carbocycles. The fourth-order valence-corrected chi connectivity index (χ4v) is 5.15. The molecule has 3 N–H and O–H groups in total. The zero-order valence-corrected chi connectivity index (χ0v) is 14.8. The molecular formula is C17H20ClN3O2S.